The van der Waals surface area contributed by atoms with E-state index < -0.39 is 11.9 Å². The lowest BCUT2D eigenvalue weighted by Crippen LogP contribution is -2.29. The number of carbonyl (C=O) groups is 2. The van der Waals surface area contributed by atoms with Crippen molar-refractivity contribution >= 4 is 11.9 Å². The number of aromatic nitrogens is 2. The molecule has 0 aliphatic carbocycles. The lowest BCUT2D eigenvalue weighted by Gasteiger charge is -2.07. The molecular weight excluding hydrogens is 234 g/mol. The molecule has 0 radical (unpaired) electrons. The summed E-state index contributed by atoms with van der Waals surface area (Å²) in [4.78, 5) is 22.1. The molecule has 1 aromatic heterocycles. The zero-order chi connectivity index (χ0) is 13.7. The van der Waals surface area contributed by atoms with Gasteiger partial charge in [-0.15, -0.1) is 0 Å². The van der Waals surface area contributed by atoms with Gasteiger partial charge in [0.05, 0.1) is 11.8 Å². The van der Waals surface area contributed by atoms with Crippen LogP contribution in [0.25, 0.3) is 0 Å². The molecule has 0 spiro atoms. The van der Waals surface area contributed by atoms with E-state index in [1.807, 2.05) is 6.92 Å². The Bertz CT molecular complexity index is 438. The van der Waals surface area contributed by atoms with E-state index in [1.165, 1.54) is 6.20 Å². The van der Waals surface area contributed by atoms with Crippen LogP contribution in [0.5, 0.6) is 0 Å². The molecule has 1 aromatic rings. The van der Waals surface area contributed by atoms with E-state index in [2.05, 4.69) is 24.3 Å². The van der Waals surface area contributed by atoms with E-state index in [1.54, 1.807) is 4.68 Å². The third kappa shape index (κ3) is 3.87. The largest absolute Gasteiger partial charge is 0.480 e. The molecule has 6 nitrogen and oxygen atoms in total. The molecule has 18 heavy (non-hydrogen) atoms. The van der Waals surface area contributed by atoms with Crippen molar-refractivity contribution in [2.45, 2.75) is 33.7 Å². The molecule has 0 saturated carbocycles. The van der Waals surface area contributed by atoms with Crippen LogP contribution in [0.4, 0.5) is 0 Å². The molecule has 1 rings (SSSR count). The normalized spacial score (nSPS) is 10.7. The van der Waals surface area contributed by atoms with Crippen LogP contribution in [-0.4, -0.2) is 33.3 Å². The molecule has 0 unspecified atom stereocenters. The first kappa shape index (κ1) is 14.2. The van der Waals surface area contributed by atoms with Crippen molar-refractivity contribution < 1.29 is 14.7 Å². The highest BCUT2D eigenvalue weighted by molar-refractivity contribution is 5.96. The third-order valence-corrected chi connectivity index (χ3v) is 2.67. The first-order valence-electron chi connectivity index (χ1n) is 5.94. The molecule has 0 aliphatic heterocycles. The molecule has 6 heteroatoms. The summed E-state index contributed by atoms with van der Waals surface area (Å²) in [5.41, 5.74) is 1.19. The van der Waals surface area contributed by atoms with Crippen molar-refractivity contribution in [2.24, 2.45) is 5.92 Å². The van der Waals surface area contributed by atoms with E-state index in [0.717, 1.165) is 18.7 Å². The Morgan fingerprint density at radius 2 is 2.17 bits per heavy atom. The van der Waals surface area contributed by atoms with Crippen molar-refractivity contribution in [3.63, 3.8) is 0 Å². The second kappa shape index (κ2) is 6.18. The van der Waals surface area contributed by atoms with Crippen LogP contribution >= 0.6 is 0 Å². The monoisotopic (exact) mass is 253 g/mol. The topological polar surface area (TPSA) is 84.2 Å². The number of carboxylic acid groups (broad SMARTS) is 1. The summed E-state index contributed by atoms with van der Waals surface area (Å²) in [6, 6.07) is 0. The van der Waals surface area contributed by atoms with E-state index in [4.69, 9.17) is 5.11 Å². The van der Waals surface area contributed by atoms with Crippen LogP contribution in [0.15, 0.2) is 6.20 Å². The number of hydrogen-bond donors (Lipinski definition) is 2. The van der Waals surface area contributed by atoms with Crippen molar-refractivity contribution in [3.05, 3.63) is 17.5 Å². The lowest BCUT2D eigenvalue weighted by molar-refractivity contribution is -0.135. The Morgan fingerprint density at radius 3 is 2.72 bits per heavy atom. The average Bonchev–Trinajstić information content (AvgIpc) is 2.65. The second-order valence-electron chi connectivity index (χ2n) is 4.63. The summed E-state index contributed by atoms with van der Waals surface area (Å²) >= 11 is 0. The minimum absolute atomic E-state index is 0.380. The zero-order valence-corrected chi connectivity index (χ0v) is 10.9. The van der Waals surface area contributed by atoms with Crippen LogP contribution in [0.2, 0.25) is 0 Å². The lowest BCUT2D eigenvalue weighted by atomic mass is 10.1. The van der Waals surface area contributed by atoms with Gasteiger partial charge in [0, 0.05) is 12.2 Å². The van der Waals surface area contributed by atoms with Gasteiger partial charge in [0.25, 0.3) is 5.91 Å². The molecule has 0 aromatic carbocycles. The first-order chi connectivity index (χ1) is 8.41. The highest BCUT2D eigenvalue weighted by Crippen LogP contribution is 2.09. The molecule has 1 amide bonds. The van der Waals surface area contributed by atoms with Crippen LogP contribution < -0.4 is 5.32 Å². The molecule has 2 N–H and O–H groups in total. The average molecular weight is 253 g/mol. The van der Waals surface area contributed by atoms with Gasteiger partial charge >= 0.3 is 5.97 Å². The number of carbonyl (C=O) groups excluding carboxylic acids is 1. The number of amides is 1. The molecule has 0 atom stereocenters. The fourth-order valence-corrected chi connectivity index (χ4v) is 1.53. The summed E-state index contributed by atoms with van der Waals surface area (Å²) in [6.45, 7) is 6.44. The quantitative estimate of drug-likeness (QED) is 0.793. The summed E-state index contributed by atoms with van der Waals surface area (Å²) in [7, 11) is 0. The maximum atomic E-state index is 11.7. The van der Waals surface area contributed by atoms with Crippen molar-refractivity contribution in [1.29, 1.82) is 0 Å². The minimum Gasteiger partial charge on any atom is -0.480 e. The molecule has 0 saturated heterocycles. The Balaban J connectivity index is 2.67. The number of hydrogen-bond acceptors (Lipinski definition) is 3. The predicted molar refractivity (Wildman–Crippen MR) is 66.4 cm³/mol. The SMILES string of the molecule is Cc1c(C(=O)NCC(=O)O)cnn1CCC(C)C. The van der Waals surface area contributed by atoms with E-state index in [0.29, 0.717) is 11.5 Å². The van der Waals surface area contributed by atoms with Crippen LogP contribution in [0.1, 0.15) is 36.3 Å². The Kier molecular flexibility index (Phi) is 4.88. The van der Waals surface area contributed by atoms with Crippen LogP contribution in [0, 0.1) is 12.8 Å². The van der Waals surface area contributed by atoms with Gasteiger partial charge in [-0.05, 0) is 19.3 Å². The highest BCUT2D eigenvalue weighted by atomic mass is 16.4. The first-order valence-corrected chi connectivity index (χ1v) is 5.94. The number of nitrogens with one attached hydrogen (secondary N) is 1. The minimum atomic E-state index is -1.06. The number of aryl methyl sites for hydroxylation is 1. The summed E-state index contributed by atoms with van der Waals surface area (Å²) in [5.74, 6) is -0.892. The third-order valence-electron chi connectivity index (χ3n) is 2.67. The molecule has 0 aliphatic rings. The van der Waals surface area contributed by atoms with E-state index >= 15 is 0 Å². The second-order valence-corrected chi connectivity index (χ2v) is 4.63. The standard InChI is InChI=1S/C12H19N3O3/c1-8(2)4-5-15-9(3)10(6-14-15)12(18)13-7-11(16)17/h6,8H,4-5,7H2,1-3H3,(H,13,18)(H,16,17). The number of aliphatic carboxylic acids is 1. The summed E-state index contributed by atoms with van der Waals surface area (Å²) in [6.07, 6.45) is 2.46. The molecular formula is C12H19N3O3. The summed E-state index contributed by atoms with van der Waals surface area (Å²) < 4.78 is 1.77. The van der Waals surface area contributed by atoms with Gasteiger partial charge in [-0.3, -0.25) is 14.3 Å². The van der Waals surface area contributed by atoms with Crippen LogP contribution in [0.3, 0.4) is 0 Å². The molecule has 0 fully saturated rings. The maximum absolute atomic E-state index is 11.7. The van der Waals surface area contributed by atoms with Gasteiger partial charge in [-0.2, -0.15) is 5.10 Å². The van der Waals surface area contributed by atoms with Gasteiger partial charge in [0.15, 0.2) is 0 Å². The fourth-order valence-electron chi connectivity index (χ4n) is 1.53. The van der Waals surface area contributed by atoms with Gasteiger partial charge in [-0.1, -0.05) is 13.8 Å². The smallest absolute Gasteiger partial charge is 0.322 e. The fraction of sp³-hybridized carbons (Fsp3) is 0.583. The number of rotatable bonds is 6. The van der Waals surface area contributed by atoms with Gasteiger partial charge in [0.2, 0.25) is 0 Å². The maximum Gasteiger partial charge on any atom is 0.322 e. The zero-order valence-electron chi connectivity index (χ0n) is 10.9. The van der Waals surface area contributed by atoms with Gasteiger partial charge < -0.3 is 10.4 Å². The van der Waals surface area contributed by atoms with Crippen molar-refractivity contribution in [3.8, 4) is 0 Å². The Hall–Kier alpha value is -1.85. The van der Waals surface area contributed by atoms with Crippen LogP contribution in [-0.2, 0) is 11.3 Å². The molecule has 1 heterocycles. The predicted octanol–water partition coefficient (Wildman–Crippen LogP) is 1.05. The molecule has 0 bridgehead atoms. The Morgan fingerprint density at radius 1 is 1.50 bits per heavy atom. The van der Waals surface area contributed by atoms with Gasteiger partial charge in [0.1, 0.15) is 6.54 Å². The molecule has 100 valence electrons. The summed E-state index contributed by atoms with van der Waals surface area (Å²) in [5, 5.41) is 15.0. The van der Waals surface area contributed by atoms with Crippen molar-refractivity contribution in [2.75, 3.05) is 6.54 Å². The Labute approximate surface area is 106 Å². The van der Waals surface area contributed by atoms with E-state index in [-0.39, 0.29) is 6.54 Å². The van der Waals surface area contributed by atoms with E-state index in [9.17, 15) is 9.59 Å². The van der Waals surface area contributed by atoms with Gasteiger partial charge in [-0.25, -0.2) is 0 Å². The number of nitrogens with zero attached hydrogens (tertiary/aromatic N) is 2. The highest BCUT2D eigenvalue weighted by Gasteiger charge is 2.14. The number of carboxylic acids is 1. The van der Waals surface area contributed by atoms with Crippen molar-refractivity contribution in [1.82, 2.24) is 15.1 Å².